The predicted molar refractivity (Wildman–Crippen MR) is 37.8 cm³/mol. The first-order valence-electron chi connectivity index (χ1n) is 3.80. The molecule has 2 rings (SSSR count). The molecule has 2 aliphatic heterocycles. The van der Waals surface area contributed by atoms with Gasteiger partial charge in [-0.1, -0.05) is 0 Å². The summed E-state index contributed by atoms with van der Waals surface area (Å²) in [5.41, 5.74) is 0.0303. The molecule has 2 fully saturated rings. The van der Waals surface area contributed by atoms with E-state index in [1.807, 2.05) is 0 Å². The van der Waals surface area contributed by atoms with Crippen molar-refractivity contribution in [3.05, 3.63) is 0 Å². The Hall–Kier alpha value is -0.150. The maximum absolute atomic E-state index is 12.5. The highest BCUT2D eigenvalue weighted by Crippen LogP contribution is 2.29. The van der Waals surface area contributed by atoms with E-state index in [0.717, 1.165) is 19.5 Å². The van der Waals surface area contributed by atoms with Crippen LogP contribution in [0.15, 0.2) is 0 Å². The minimum atomic E-state index is -0.716. The maximum atomic E-state index is 12.5. The fourth-order valence-corrected chi connectivity index (χ4v) is 1.53. The molecule has 0 aliphatic carbocycles. The molecule has 1 atom stereocenters. The van der Waals surface area contributed by atoms with Crippen molar-refractivity contribution in [3.8, 4) is 0 Å². The number of hydrogen-bond donors (Lipinski definition) is 1. The Kier molecular flexibility index (Phi) is 1.42. The van der Waals surface area contributed by atoms with Gasteiger partial charge < -0.3 is 10.1 Å². The van der Waals surface area contributed by atoms with Crippen LogP contribution >= 0.6 is 0 Å². The first kappa shape index (κ1) is 6.55. The molecule has 0 radical (unpaired) electrons. The minimum absolute atomic E-state index is 0. The third-order valence-corrected chi connectivity index (χ3v) is 2.38. The van der Waals surface area contributed by atoms with E-state index >= 15 is 0 Å². The Bertz CT molecular complexity index is 130. The first-order valence-corrected chi connectivity index (χ1v) is 3.80. The molecule has 0 amide bonds. The topological polar surface area (TPSA) is 21.3 Å². The summed E-state index contributed by atoms with van der Waals surface area (Å²) >= 11 is 0. The Balaban J connectivity index is 0.000000605. The van der Waals surface area contributed by atoms with Crippen LogP contribution in [0.2, 0.25) is 0 Å². The zero-order chi connectivity index (χ0) is 7.03. The van der Waals surface area contributed by atoms with Gasteiger partial charge in [-0.3, -0.25) is 0 Å². The maximum Gasteiger partial charge on any atom is 0.123 e. The Labute approximate surface area is 61.2 Å². The molecule has 1 N–H and O–H groups in total. The summed E-state index contributed by atoms with van der Waals surface area (Å²) in [6.45, 7) is 2.14. The van der Waals surface area contributed by atoms with Crippen LogP contribution in [0.1, 0.15) is 14.3 Å². The summed E-state index contributed by atoms with van der Waals surface area (Å²) in [4.78, 5) is 0. The third-order valence-electron chi connectivity index (χ3n) is 2.38. The van der Waals surface area contributed by atoms with Crippen LogP contribution in [0.25, 0.3) is 0 Å². The monoisotopic (exact) mass is 147 g/mol. The molecule has 0 saturated carbocycles. The van der Waals surface area contributed by atoms with Crippen LogP contribution in [-0.4, -0.2) is 31.5 Å². The molecule has 0 aromatic rings. The van der Waals surface area contributed by atoms with E-state index in [0.29, 0.717) is 13.0 Å². The molecule has 3 heteroatoms. The fraction of sp³-hybridized carbons (Fsp3) is 1.00. The van der Waals surface area contributed by atoms with Crippen molar-refractivity contribution in [2.45, 2.75) is 24.6 Å². The Morgan fingerprint density at radius 3 is 2.80 bits per heavy atom. The van der Waals surface area contributed by atoms with Crippen molar-refractivity contribution < 1.29 is 10.6 Å². The summed E-state index contributed by atoms with van der Waals surface area (Å²) in [6, 6.07) is 0. The van der Waals surface area contributed by atoms with Gasteiger partial charge in [0.15, 0.2) is 0 Å². The Morgan fingerprint density at radius 2 is 2.40 bits per heavy atom. The van der Waals surface area contributed by atoms with Crippen molar-refractivity contribution in [2.24, 2.45) is 0 Å². The van der Waals surface area contributed by atoms with Gasteiger partial charge in [-0.05, 0) is 12.8 Å². The second-order valence-electron chi connectivity index (χ2n) is 3.23. The molecule has 10 heavy (non-hydrogen) atoms. The van der Waals surface area contributed by atoms with E-state index in [2.05, 4.69) is 5.32 Å². The smallest absolute Gasteiger partial charge is 0.123 e. The lowest BCUT2D eigenvalue weighted by molar-refractivity contribution is -0.132. The van der Waals surface area contributed by atoms with Crippen molar-refractivity contribution in [1.82, 2.24) is 5.32 Å². The van der Waals surface area contributed by atoms with Crippen LogP contribution in [0, 0.1) is 0 Å². The summed E-state index contributed by atoms with van der Waals surface area (Å²) in [5.74, 6) is 0. The van der Waals surface area contributed by atoms with E-state index in [9.17, 15) is 4.39 Å². The lowest BCUT2D eigenvalue weighted by Gasteiger charge is -2.45. The number of ether oxygens (including phenoxy) is 1. The van der Waals surface area contributed by atoms with Crippen molar-refractivity contribution in [2.75, 3.05) is 19.7 Å². The number of alkyl halides is 1. The summed E-state index contributed by atoms with van der Waals surface area (Å²) in [5, 5.41) is 3.14. The molecular formula is C7H14FNO. The van der Waals surface area contributed by atoms with E-state index in [4.69, 9.17) is 4.74 Å². The number of rotatable bonds is 0. The quantitative estimate of drug-likeness (QED) is 0.545. The van der Waals surface area contributed by atoms with Crippen LogP contribution in [0.4, 0.5) is 4.39 Å². The highest BCUT2D eigenvalue weighted by atomic mass is 19.1. The van der Waals surface area contributed by atoms with Crippen LogP contribution in [-0.2, 0) is 4.74 Å². The van der Waals surface area contributed by atoms with Crippen molar-refractivity contribution >= 4 is 0 Å². The lowest BCUT2D eigenvalue weighted by Crippen LogP contribution is -2.63. The van der Waals surface area contributed by atoms with E-state index in [1.165, 1.54) is 0 Å². The van der Waals surface area contributed by atoms with Gasteiger partial charge in [0.05, 0.1) is 12.2 Å². The van der Waals surface area contributed by atoms with E-state index in [-0.39, 0.29) is 7.03 Å². The summed E-state index contributed by atoms with van der Waals surface area (Å²) in [6.07, 6.45) is 0.856. The average Bonchev–Trinajstić information content (AvgIpc) is 1.86. The summed E-state index contributed by atoms with van der Waals surface area (Å²) < 4.78 is 17.9. The van der Waals surface area contributed by atoms with Gasteiger partial charge in [-0.15, -0.1) is 0 Å². The molecule has 2 aliphatic rings. The number of nitrogens with one attached hydrogen (secondary N) is 1. The molecular weight excluding hydrogens is 133 g/mol. The van der Waals surface area contributed by atoms with Crippen LogP contribution < -0.4 is 5.32 Å². The summed E-state index contributed by atoms with van der Waals surface area (Å²) in [7, 11) is 0. The molecule has 0 bridgehead atoms. The van der Waals surface area contributed by atoms with Gasteiger partial charge in [-0.2, -0.15) is 0 Å². The van der Waals surface area contributed by atoms with Crippen molar-refractivity contribution in [3.63, 3.8) is 0 Å². The largest absolute Gasteiger partial charge is 0.369 e. The Morgan fingerprint density at radius 1 is 1.60 bits per heavy atom. The van der Waals surface area contributed by atoms with Crippen molar-refractivity contribution in [1.29, 1.82) is 0 Å². The zero-order valence-electron chi connectivity index (χ0n) is 5.90. The van der Waals surface area contributed by atoms with Gasteiger partial charge in [0, 0.05) is 14.5 Å². The predicted octanol–water partition coefficient (Wildman–Crippen LogP) is 0.723. The number of hydrogen-bond acceptors (Lipinski definition) is 2. The molecule has 0 aromatic heterocycles. The molecule has 2 heterocycles. The van der Waals surface area contributed by atoms with Gasteiger partial charge in [0.2, 0.25) is 0 Å². The number of halogens is 1. The minimum Gasteiger partial charge on any atom is -0.369 e. The average molecular weight is 147 g/mol. The second kappa shape index (κ2) is 2.17. The van der Waals surface area contributed by atoms with Crippen LogP contribution in [0.3, 0.4) is 0 Å². The third kappa shape index (κ3) is 0.935. The van der Waals surface area contributed by atoms with Gasteiger partial charge >= 0.3 is 0 Å². The standard InChI is InChI=1S/C7H12FNO.H2/c8-6-1-2-7(10-3-6)4-9-5-7;/h6,9H,1-5H2;1H/t6-;/m0./s1. The molecule has 1 spiro atoms. The highest BCUT2D eigenvalue weighted by Gasteiger charge is 2.41. The van der Waals surface area contributed by atoms with Gasteiger partial charge in [-0.25, -0.2) is 4.39 Å². The zero-order valence-corrected chi connectivity index (χ0v) is 5.90. The van der Waals surface area contributed by atoms with Gasteiger partial charge in [0.25, 0.3) is 0 Å². The van der Waals surface area contributed by atoms with Gasteiger partial charge in [0.1, 0.15) is 6.17 Å². The normalized spacial score (nSPS) is 37.5. The van der Waals surface area contributed by atoms with Crippen LogP contribution in [0.5, 0.6) is 0 Å². The van der Waals surface area contributed by atoms with E-state index in [1.54, 1.807) is 0 Å². The SMILES string of the molecule is F[C@H]1CCC2(CNC2)OC1.[HH]. The lowest BCUT2D eigenvalue weighted by atomic mass is 9.88. The molecule has 0 aromatic carbocycles. The molecule has 2 saturated heterocycles. The molecule has 2 nitrogen and oxygen atoms in total. The highest BCUT2D eigenvalue weighted by molar-refractivity contribution is 4.97. The molecule has 0 unspecified atom stereocenters. The van der Waals surface area contributed by atoms with E-state index < -0.39 is 6.17 Å². The first-order chi connectivity index (χ1) is 4.81. The second-order valence-corrected chi connectivity index (χ2v) is 3.23. The fourth-order valence-electron chi connectivity index (χ4n) is 1.53. The molecule has 60 valence electrons.